The maximum absolute atomic E-state index is 11.8. The van der Waals surface area contributed by atoms with Gasteiger partial charge in [-0.3, -0.25) is 15.6 Å². The van der Waals surface area contributed by atoms with Crippen molar-refractivity contribution >= 4 is 11.6 Å². The first-order valence-electron chi connectivity index (χ1n) is 4.97. The number of pyridine rings is 1. The molecule has 0 aliphatic carbocycles. The van der Waals surface area contributed by atoms with Gasteiger partial charge in [-0.15, -0.1) is 0 Å². The van der Waals surface area contributed by atoms with Crippen LogP contribution in [0.5, 0.6) is 0 Å². The molecular weight excluding hydrogens is 220 g/mol. The molecule has 0 unspecified atom stereocenters. The summed E-state index contributed by atoms with van der Waals surface area (Å²) in [7, 11) is 0. The van der Waals surface area contributed by atoms with Crippen LogP contribution >= 0.6 is 0 Å². The van der Waals surface area contributed by atoms with Gasteiger partial charge in [-0.05, 0) is 6.07 Å². The van der Waals surface area contributed by atoms with Gasteiger partial charge in [-0.1, -0.05) is 0 Å². The molecule has 2 aromatic rings. The third-order valence-corrected chi connectivity index (χ3v) is 2.22. The molecule has 0 bridgehead atoms. The van der Waals surface area contributed by atoms with E-state index < -0.39 is 0 Å². The van der Waals surface area contributed by atoms with E-state index in [1.807, 2.05) is 0 Å². The average Bonchev–Trinajstić information content (AvgIpc) is 2.89. The van der Waals surface area contributed by atoms with Crippen molar-refractivity contribution in [1.29, 1.82) is 0 Å². The highest BCUT2D eigenvalue weighted by Gasteiger charge is 2.10. The summed E-state index contributed by atoms with van der Waals surface area (Å²) < 4.78 is 0. The second kappa shape index (κ2) is 5.08. The minimum absolute atomic E-state index is 0.249. The van der Waals surface area contributed by atoms with E-state index in [9.17, 15) is 4.79 Å². The lowest BCUT2D eigenvalue weighted by Crippen LogP contribution is -2.25. The van der Waals surface area contributed by atoms with Crippen LogP contribution in [0, 0.1) is 0 Å². The number of hydrogen-bond acceptors (Lipinski definition) is 5. The molecular formula is C10H12N6O. The minimum Gasteiger partial charge on any atom is -0.347 e. The van der Waals surface area contributed by atoms with Gasteiger partial charge < -0.3 is 15.7 Å². The summed E-state index contributed by atoms with van der Waals surface area (Å²) in [5, 5.41) is 2.73. The number of nitrogen functional groups attached to an aromatic ring is 1. The summed E-state index contributed by atoms with van der Waals surface area (Å²) in [5.74, 6) is 5.06. The van der Waals surface area contributed by atoms with E-state index >= 15 is 0 Å². The molecule has 2 aromatic heterocycles. The minimum atomic E-state index is -0.249. The van der Waals surface area contributed by atoms with Crippen LogP contribution in [0.1, 0.15) is 16.1 Å². The summed E-state index contributed by atoms with van der Waals surface area (Å²) in [5.41, 5.74) is 4.20. The van der Waals surface area contributed by atoms with Crippen LogP contribution in [0.25, 0.3) is 0 Å². The lowest BCUT2D eigenvalue weighted by molar-refractivity contribution is 0.0951. The van der Waals surface area contributed by atoms with E-state index in [1.165, 1.54) is 6.20 Å². The number of anilines is 1. The number of hydrogen-bond donors (Lipinski definition) is 4. The first-order chi connectivity index (χ1) is 8.31. The van der Waals surface area contributed by atoms with Gasteiger partial charge in [0.2, 0.25) is 0 Å². The predicted molar refractivity (Wildman–Crippen MR) is 61.8 cm³/mol. The van der Waals surface area contributed by atoms with E-state index in [0.29, 0.717) is 17.8 Å². The number of carbonyl (C=O) groups excluding carboxylic acids is 1. The van der Waals surface area contributed by atoms with Gasteiger partial charge in [-0.25, -0.2) is 4.98 Å². The SMILES string of the molecule is NNc1ccncc1C(=O)NCc1cnc[nH]1. The van der Waals surface area contributed by atoms with Crippen LogP contribution in [0.4, 0.5) is 5.69 Å². The maximum Gasteiger partial charge on any atom is 0.255 e. The molecule has 0 atom stereocenters. The number of nitrogens with one attached hydrogen (secondary N) is 3. The van der Waals surface area contributed by atoms with Gasteiger partial charge in [-0.2, -0.15) is 0 Å². The van der Waals surface area contributed by atoms with E-state index in [0.717, 1.165) is 5.69 Å². The first-order valence-corrected chi connectivity index (χ1v) is 4.97. The molecule has 0 saturated heterocycles. The first kappa shape index (κ1) is 11.1. The Balaban J connectivity index is 2.04. The highest BCUT2D eigenvalue weighted by atomic mass is 16.1. The Labute approximate surface area is 97.4 Å². The largest absolute Gasteiger partial charge is 0.347 e. The van der Waals surface area contributed by atoms with Crippen molar-refractivity contribution < 1.29 is 4.79 Å². The quantitative estimate of drug-likeness (QED) is 0.439. The zero-order valence-electron chi connectivity index (χ0n) is 8.97. The Hall–Kier alpha value is -2.41. The second-order valence-electron chi connectivity index (χ2n) is 3.33. The van der Waals surface area contributed by atoms with Crippen molar-refractivity contribution in [3.8, 4) is 0 Å². The number of nitrogens with two attached hydrogens (primary N) is 1. The molecule has 0 saturated carbocycles. The Morgan fingerprint density at radius 1 is 1.41 bits per heavy atom. The summed E-state index contributed by atoms with van der Waals surface area (Å²) >= 11 is 0. The molecule has 0 spiro atoms. The second-order valence-corrected chi connectivity index (χ2v) is 3.33. The van der Waals surface area contributed by atoms with Gasteiger partial charge >= 0.3 is 0 Å². The van der Waals surface area contributed by atoms with Gasteiger partial charge in [0.05, 0.1) is 29.8 Å². The van der Waals surface area contributed by atoms with Crippen molar-refractivity contribution in [2.24, 2.45) is 5.84 Å². The number of aromatic nitrogens is 3. The number of imidazole rings is 1. The molecule has 0 radical (unpaired) electrons. The third kappa shape index (κ3) is 2.58. The maximum atomic E-state index is 11.8. The number of amides is 1. The van der Waals surface area contributed by atoms with Gasteiger partial charge in [0, 0.05) is 18.6 Å². The van der Waals surface area contributed by atoms with Crippen LogP contribution in [0.15, 0.2) is 31.0 Å². The van der Waals surface area contributed by atoms with Crippen LogP contribution in [-0.4, -0.2) is 20.9 Å². The fraction of sp³-hybridized carbons (Fsp3) is 0.100. The molecule has 17 heavy (non-hydrogen) atoms. The molecule has 1 amide bonds. The number of hydrazine groups is 1. The fourth-order valence-electron chi connectivity index (χ4n) is 1.35. The van der Waals surface area contributed by atoms with Gasteiger partial charge in [0.1, 0.15) is 0 Å². The zero-order chi connectivity index (χ0) is 12.1. The summed E-state index contributed by atoms with van der Waals surface area (Å²) in [6, 6.07) is 1.63. The van der Waals surface area contributed by atoms with Gasteiger partial charge in [0.25, 0.3) is 5.91 Å². The van der Waals surface area contributed by atoms with Crippen LogP contribution in [0.2, 0.25) is 0 Å². The molecule has 0 aliphatic heterocycles. The van der Waals surface area contributed by atoms with E-state index in [1.54, 1.807) is 24.8 Å². The molecule has 0 aromatic carbocycles. The van der Waals surface area contributed by atoms with E-state index in [-0.39, 0.29) is 5.91 Å². The van der Waals surface area contributed by atoms with E-state index in [4.69, 9.17) is 5.84 Å². The normalized spacial score (nSPS) is 9.94. The molecule has 2 heterocycles. The third-order valence-electron chi connectivity index (χ3n) is 2.22. The molecule has 0 aliphatic rings. The Morgan fingerprint density at radius 3 is 3.00 bits per heavy atom. The highest BCUT2D eigenvalue weighted by Crippen LogP contribution is 2.11. The van der Waals surface area contributed by atoms with Gasteiger partial charge in [0.15, 0.2) is 0 Å². The van der Waals surface area contributed by atoms with E-state index in [2.05, 4.69) is 25.7 Å². The molecule has 7 nitrogen and oxygen atoms in total. The Morgan fingerprint density at radius 2 is 2.29 bits per heavy atom. The van der Waals surface area contributed by atoms with Crippen LogP contribution < -0.4 is 16.6 Å². The van der Waals surface area contributed by atoms with Crippen molar-refractivity contribution in [1.82, 2.24) is 20.3 Å². The Kier molecular flexibility index (Phi) is 3.31. The lowest BCUT2D eigenvalue weighted by Gasteiger charge is -2.07. The standard InChI is InChI=1S/C10H12N6O/c11-16-9-1-2-12-5-8(9)10(17)14-4-7-3-13-6-15-7/h1-3,5-6H,4,11H2,(H,12,16)(H,13,15)(H,14,17). The molecule has 7 heteroatoms. The van der Waals surface area contributed by atoms with Crippen molar-refractivity contribution in [3.63, 3.8) is 0 Å². The van der Waals surface area contributed by atoms with Crippen LogP contribution in [-0.2, 0) is 6.54 Å². The summed E-state index contributed by atoms with van der Waals surface area (Å²) in [6.07, 6.45) is 6.21. The number of nitrogens with zero attached hydrogens (tertiary/aromatic N) is 2. The van der Waals surface area contributed by atoms with Crippen molar-refractivity contribution in [3.05, 3.63) is 42.2 Å². The fourth-order valence-corrected chi connectivity index (χ4v) is 1.35. The smallest absolute Gasteiger partial charge is 0.255 e. The summed E-state index contributed by atoms with van der Waals surface area (Å²) in [6.45, 7) is 0.373. The average molecular weight is 232 g/mol. The predicted octanol–water partition coefficient (Wildman–Crippen LogP) is 0.0203. The van der Waals surface area contributed by atoms with Crippen LogP contribution in [0.3, 0.4) is 0 Å². The molecule has 0 fully saturated rings. The number of H-pyrrole nitrogens is 1. The molecule has 5 N–H and O–H groups in total. The number of aromatic amines is 1. The monoisotopic (exact) mass is 232 g/mol. The molecule has 2 rings (SSSR count). The number of carbonyl (C=O) groups is 1. The highest BCUT2D eigenvalue weighted by molar-refractivity contribution is 5.99. The van der Waals surface area contributed by atoms with Crippen molar-refractivity contribution in [2.75, 3.05) is 5.43 Å². The lowest BCUT2D eigenvalue weighted by atomic mass is 10.2. The topological polar surface area (TPSA) is 109 Å². The number of rotatable bonds is 4. The van der Waals surface area contributed by atoms with Crippen molar-refractivity contribution in [2.45, 2.75) is 6.54 Å². The zero-order valence-corrected chi connectivity index (χ0v) is 8.97. The summed E-state index contributed by atoms with van der Waals surface area (Å²) in [4.78, 5) is 22.5. The Bertz CT molecular complexity index is 495. The molecule has 88 valence electrons.